The lowest BCUT2D eigenvalue weighted by Crippen LogP contribution is -2.62. The molecule has 0 radical (unpaired) electrons. The summed E-state index contributed by atoms with van der Waals surface area (Å²) in [6, 6.07) is 7.14. The maximum atomic E-state index is 12.7. The van der Waals surface area contributed by atoms with E-state index in [1.807, 2.05) is 12.1 Å². The molecule has 0 amide bonds. The van der Waals surface area contributed by atoms with E-state index in [0.29, 0.717) is 10.8 Å². The molecule has 0 spiro atoms. The molecular formula is C18H30N2O2S. The molecule has 2 rings (SSSR count). The summed E-state index contributed by atoms with van der Waals surface area (Å²) in [5.74, 6) is 0.394. The van der Waals surface area contributed by atoms with E-state index >= 15 is 0 Å². The summed E-state index contributed by atoms with van der Waals surface area (Å²) in [5, 5.41) is 3.57. The second-order valence-electron chi connectivity index (χ2n) is 8.34. The topological polar surface area (TPSA) is 58.2 Å². The van der Waals surface area contributed by atoms with Gasteiger partial charge in [0, 0.05) is 17.1 Å². The highest BCUT2D eigenvalue weighted by atomic mass is 32.2. The Kier molecular flexibility index (Phi) is 4.96. The van der Waals surface area contributed by atoms with E-state index in [-0.39, 0.29) is 17.1 Å². The molecule has 0 atom stereocenters. The Morgan fingerprint density at radius 2 is 1.52 bits per heavy atom. The maximum absolute atomic E-state index is 12.7. The van der Waals surface area contributed by atoms with Gasteiger partial charge in [-0.15, -0.1) is 0 Å². The first-order valence-electron chi connectivity index (χ1n) is 8.32. The summed E-state index contributed by atoms with van der Waals surface area (Å²) < 4.78 is 28.2. The Balaban J connectivity index is 2.17. The molecule has 0 aromatic heterocycles. The van der Waals surface area contributed by atoms with Gasteiger partial charge in [0.2, 0.25) is 10.0 Å². The molecule has 1 heterocycles. The lowest BCUT2D eigenvalue weighted by molar-refractivity contribution is 0.157. The van der Waals surface area contributed by atoms with E-state index < -0.39 is 10.0 Å². The third kappa shape index (κ3) is 4.78. The van der Waals surface area contributed by atoms with Gasteiger partial charge >= 0.3 is 0 Å². The van der Waals surface area contributed by atoms with Crippen LogP contribution in [-0.2, 0) is 10.0 Å². The van der Waals surface area contributed by atoms with Crippen molar-refractivity contribution in [1.82, 2.24) is 10.0 Å². The molecule has 1 aliphatic heterocycles. The highest BCUT2D eigenvalue weighted by molar-refractivity contribution is 7.89. The Hall–Kier alpha value is -0.910. The monoisotopic (exact) mass is 338 g/mol. The van der Waals surface area contributed by atoms with Gasteiger partial charge in [-0.3, -0.25) is 0 Å². The van der Waals surface area contributed by atoms with Crippen LogP contribution in [0.3, 0.4) is 0 Å². The predicted molar refractivity (Wildman–Crippen MR) is 95.2 cm³/mol. The Labute approximate surface area is 141 Å². The van der Waals surface area contributed by atoms with Crippen molar-refractivity contribution >= 4 is 10.0 Å². The fourth-order valence-corrected chi connectivity index (χ4v) is 4.96. The molecule has 130 valence electrons. The number of hydrogen-bond donors (Lipinski definition) is 2. The minimum atomic E-state index is -3.48. The van der Waals surface area contributed by atoms with Gasteiger partial charge in [0.25, 0.3) is 0 Å². The summed E-state index contributed by atoms with van der Waals surface area (Å²) in [5.41, 5.74) is 0.973. The Bertz CT molecular complexity index is 630. The minimum Gasteiger partial charge on any atom is -0.307 e. The first-order valence-corrected chi connectivity index (χ1v) is 9.80. The molecule has 1 aromatic rings. The van der Waals surface area contributed by atoms with Crippen LogP contribution in [0.4, 0.5) is 0 Å². The number of nitrogens with one attached hydrogen (secondary N) is 2. The molecule has 0 bridgehead atoms. The number of rotatable bonds is 4. The van der Waals surface area contributed by atoms with Gasteiger partial charge in [-0.2, -0.15) is 0 Å². The van der Waals surface area contributed by atoms with Gasteiger partial charge in [0.05, 0.1) is 4.90 Å². The third-order valence-electron chi connectivity index (χ3n) is 4.37. The quantitative estimate of drug-likeness (QED) is 0.884. The van der Waals surface area contributed by atoms with Gasteiger partial charge in [-0.1, -0.05) is 26.0 Å². The number of benzene rings is 1. The summed E-state index contributed by atoms with van der Waals surface area (Å²) in [7, 11) is -3.48. The van der Waals surface area contributed by atoms with Gasteiger partial charge < -0.3 is 5.32 Å². The van der Waals surface area contributed by atoms with Crippen LogP contribution in [0.1, 0.15) is 65.9 Å². The van der Waals surface area contributed by atoms with Crippen LogP contribution in [0, 0.1) is 0 Å². The SMILES string of the molecule is CC(C)c1ccc(S(=O)(=O)NC2CC(C)(C)NC(C)(C)C2)cc1. The number of sulfonamides is 1. The molecule has 0 saturated carbocycles. The van der Waals surface area contributed by atoms with Crippen molar-refractivity contribution in [2.24, 2.45) is 0 Å². The molecule has 1 aromatic carbocycles. The van der Waals surface area contributed by atoms with Crippen LogP contribution >= 0.6 is 0 Å². The summed E-state index contributed by atoms with van der Waals surface area (Å²) in [6.07, 6.45) is 1.56. The van der Waals surface area contributed by atoms with Gasteiger partial charge in [-0.05, 0) is 64.2 Å². The minimum absolute atomic E-state index is 0.0592. The predicted octanol–water partition coefficient (Wildman–Crippen LogP) is 3.40. The van der Waals surface area contributed by atoms with Crippen molar-refractivity contribution in [3.05, 3.63) is 29.8 Å². The van der Waals surface area contributed by atoms with Crippen LogP contribution in [0.15, 0.2) is 29.2 Å². The van der Waals surface area contributed by atoms with Crippen molar-refractivity contribution in [2.75, 3.05) is 0 Å². The van der Waals surface area contributed by atoms with E-state index in [1.165, 1.54) is 0 Å². The maximum Gasteiger partial charge on any atom is 0.240 e. The third-order valence-corrected chi connectivity index (χ3v) is 5.91. The van der Waals surface area contributed by atoms with Gasteiger partial charge in [-0.25, -0.2) is 13.1 Å². The van der Waals surface area contributed by atoms with Crippen LogP contribution in [0.25, 0.3) is 0 Å². The van der Waals surface area contributed by atoms with Crippen molar-refractivity contribution in [3.8, 4) is 0 Å². The lowest BCUT2D eigenvalue weighted by Gasteiger charge is -2.46. The standard InChI is InChI=1S/C18H30N2O2S/c1-13(2)14-7-9-16(10-8-14)23(21,22)19-15-11-17(3,4)20-18(5,6)12-15/h7-10,13,15,19-20H,11-12H2,1-6H3. The number of hydrogen-bond acceptors (Lipinski definition) is 3. The summed E-state index contributed by atoms with van der Waals surface area (Å²) >= 11 is 0. The highest BCUT2D eigenvalue weighted by Gasteiger charge is 2.39. The van der Waals surface area contributed by atoms with E-state index in [0.717, 1.165) is 18.4 Å². The van der Waals surface area contributed by atoms with Crippen molar-refractivity contribution in [1.29, 1.82) is 0 Å². The van der Waals surface area contributed by atoms with Crippen LogP contribution in [-0.4, -0.2) is 25.5 Å². The zero-order valence-electron chi connectivity index (χ0n) is 15.1. The fraction of sp³-hybridized carbons (Fsp3) is 0.667. The molecule has 4 nitrogen and oxygen atoms in total. The second-order valence-corrected chi connectivity index (χ2v) is 10.1. The molecule has 0 unspecified atom stereocenters. The zero-order chi connectivity index (χ0) is 17.5. The molecule has 5 heteroatoms. The Morgan fingerprint density at radius 1 is 1.04 bits per heavy atom. The second kappa shape index (κ2) is 6.19. The van der Waals surface area contributed by atoms with E-state index in [9.17, 15) is 8.42 Å². The van der Waals surface area contributed by atoms with Crippen LogP contribution in [0.2, 0.25) is 0 Å². The first-order chi connectivity index (χ1) is 10.4. The van der Waals surface area contributed by atoms with E-state index in [1.54, 1.807) is 12.1 Å². The molecule has 1 fully saturated rings. The summed E-state index contributed by atoms with van der Waals surface area (Å²) in [6.45, 7) is 12.7. The molecule has 23 heavy (non-hydrogen) atoms. The largest absolute Gasteiger partial charge is 0.307 e. The molecule has 1 saturated heterocycles. The zero-order valence-corrected chi connectivity index (χ0v) is 15.9. The average molecular weight is 339 g/mol. The summed E-state index contributed by atoms with van der Waals surface area (Å²) in [4.78, 5) is 0.344. The molecule has 1 aliphatic rings. The van der Waals surface area contributed by atoms with E-state index in [4.69, 9.17) is 0 Å². The fourth-order valence-electron chi connectivity index (χ4n) is 3.72. The van der Waals surface area contributed by atoms with Crippen molar-refractivity contribution in [3.63, 3.8) is 0 Å². The lowest BCUT2D eigenvalue weighted by atomic mass is 9.80. The van der Waals surface area contributed by atoms with Crippen molar-refractivity contribution < 1.29 is 8.42 Å². The molecule has 2 N–H and O–H groups in total. The average Bonchev–Trinajstić information content (AvgIpc) is 2.34. The Morgan fingerprint density at radius 3 is 1.96 bits per heavy atom. The van der Waals surface area contributed by atoms with Gasteiger partial charge in [0.15, 0.2) is 0 Å². The molecular weight excluding hydrogens is 308 g/mol. The highest BCUT2D eigenvalue weighted by Crippen LogP contribution is 2.29. The number of piperidine rings is 1. The van der Waals surface area contributed by atoms with Crippen LogP contribution < -0.4 is 10.0 Å². The van der Waals surface area contributed by atoms with Crippen LogP contribution in [0.5, 0.6) is 0 Å². The molecule has 0 aliphatic carbocycles. The van der Waals surface area contributed by atoms with Gasteiger partial charge in [0.1, 0.15) is 0 Å². The smallest absolute Gasteiger partial charge is 0.240 e. The first kappa shape index (κ1) is 18.4. The van der Waals surface area contributed by atoms with Crippen molar-refractivity contribution in [2.45, 2.75) is 82.3 Å². The van der Waals surface area contributed by atoms with E-state index in [2.05, 4.69) is 51.6 Å². The normalized spacial score (nSPS) is 21.5.